The van der Waals surface area contributed by atoms with Crippen molar-refractivity contribution < 1.29 is 0 Å². The molecule has 0 aliphatic carbocycles. The van der Waals surface area contributed by atoms with Crippen LogP contribution >= 0.6 is 11.3 Å². The van der Waals surface area contributed by atoms with E-state index in [0.717, 1.165) is 31.7 Å². The molecule has 0 saturated heterocycles. The molecule has 0 atom stereocenters. The SMILES string of the molecule is CCN(CC)Cc1ccc(Cc2csc(N)n2)cc1. The van der Waals surface area contributed by atoms with Crippen LogP contribution in [0.4, 0.5) is 5.13 Å². The standard InChI is InChI=1S/C15H21N3S/c1-3-18(4-2)10-13-7-5-12(6-8-13)9-14-11-19-15(16)17-14/h5-8,11H,3-4,9-10H2,1-2H3,(H2,16,17). The number of thiazole rings is 1. The van der Waals surface area contributed by atoms with Gasteiger partial charge in [0.2, 0.25) is 0 Å². The van der Waals surface area contributed by atoms with Crippen molar-refractivity contribution in [2.45, 2.75) is 26.8 Å². The molecule has 0 radical (unpaired) electrons. The van der Waals surface area contributed by atoms with Gasteiger partial charge in [0.15, 0.2) is 5.13 Å². The van der Waals surface area contributed by atoms with Crippen LogP contribution in [0.2, 0.25) is 0 Å². The second-order valence-corrected chi connectivity index (χ2v) is 5.52. The first kappa shape index (κ1) is 14.0. The van der Waals surface area contributed by atoms with Crippen molar-refractivity contribution >= 4 is 16.5 Å². The average molecular weight is 275 g/mol. The van der Waals surface area contributed by atoms with E-state index in [2.05, 4.69) is 48.0 Å². The van der Waals surface area contributed by atoms with Crippen molar-refractivity contribution in [3.63, 3.8) is 0 Å². The molecule has 2 aromatic rings. The number of aromatic nitrogens is 1. The average Bonchev–Trinajstić information content (AvgIpc) is 2.83. The lowest BCUT2D eigenvalue weighted by atomic mass is 10.1. The molecule has 0 aliphatic rings. The number of rotatable bonds is 6. The Morgan fingerprint density at radius 2 is 1.74 bits per heavy atom. The molecule has 0 unspecified atom stereocenters. The van der Waals surface area contributed by atoms with Gasteiger partial charge in [0.25, 0.3) is 0 Å². The predicted molar refractivity (Wildman–Crippen MR) is 82.4 cm³/mol. The second kappa shape index (κ2) is 6.68. The maximum absolute atomic E-state index is 5.64. The number of nitrogens with two attached hydrogens (primary N) is 1. The van der Waals surface area contributed by atoms with Crippen molar-refractivity contribution in [3.05, 3.63) is 46.5 Å². The molecule has 0 fully saturated rings. The quantitative estimate of drug-likeness (QED) is 0.880. The van der Waals surface area contributed by atoms with E-state index >= 15 is 0 Å². The molecule has 1 heterocycles. The van der Waals surface area contributed by atoms with Crippen LogP contribution in [0.15, 0.2) is 29.6 Å². The molecule has 102 valence electrons. The van der Waals surface area contributed by atoms with Crippen molar-refractivity contribution in [1.29, 1.82) is 0 Å². The molecule has 0 amide bonds. The highest BCUT2D eigenvalue weighted by molar-refractivity contribution is 7.13. The normalized spacial score (nSPS) is 11.1. The van der Waals surface area contributed by atoms with Crippen LogP contribution < -0.4 is 5.73 Å². The van der Waals surface area contributed by atoms with Gasteiger partial charge >= 0.3 is 0 Å². The summed E-state index contributed by atoms with van der Waals surface area (Å²) in [5.74, 6) is 0. The van der Waals surface area contributed by atoms with Gasteiger partial charge in [0, 0.05) is 18.3 Å². The van der Waals surface area contributed by atoms with Crippen LogP contribution in [0.5, 0.6) is 0 Å². The Kier molecular flexibility index (Phi) is 4.93. The third-order valence-electron chi connectivity index (χ3n) is 3.28. The number of hydrogen-bond donors (Lipinski definition) is 1. The number of nitrogens with zero attached hydrogens (tertiary/aromatic N) is 2. The minimum absolute atomic E-state index is 0.646. The van der Waals surface area contributed by atoms with Crippen molar-refractivity contribution in [3.8, 4) is 0 Å². The summed E-state index contributed by atoms with van der Waals surface area (Å²) in [6, 6.07) is 8.80. The second-order valence-electron chi connectivity index (χ2n) is 4.63. The summed E-state index contributed by atoms with van der Waals surface area (Å²) < 4.78 is 0. The Morgan fingerprint density at radius 3 is 2.26 bits per heavy atom. The van der Waals surface area contributed by atoms with E-state index in [9.17, 15) is 0 Å². The van der Waals surface area contributed by atoms with E-state index in [-0.39, 0.29) is 0 Å². The molecule has 0 saturated carbocycles. The lowest BCUT2D eigenvalue weighted by Gasteiger charge is -2.18. The number of anilines is 1. The zero-order valence-electron chi connectivity index (χ0n) is 11.6. The van der Waals surface area contributed by atoms with Gasteiger partial charge in [0.05, 0.1) is 5.69 Å². The van der Waals surface area contributed by atoms with Gasteiger partial charge in [-0.3, -0.25) is 4.90 Å². The Hall–Kier alpha value is -1.39. The van der Waals surface area contributed by atoms with Crippen LogP contribution in [-0.2, 0) is 13.0 Å². The monoisotopic (exact) mass is 275 g/mol. The topological polar surface area (TPSA) is 42.1 Å². The minimum Gasteiger partial charge on any atom is -0.375 e. The Morgan fingerprint density at radius 1 is 1.11 bits per heavy atom. The van der Waals surface area contributed by atoms with Crippen molar-refractivity contribution in [2.75, 3.05) is 18.8 Å². The molecule has 1 aromatic heterocycles. The fourth-order valence-electron chi connectivity index (χ4n) is 2.08. The lowest BCUT2D eigenvalue weighted by molar-refractivity contribution is 0.296. The zero-order chi connectivity index (χ0) is 13.7. The van der Waals surface area contributed by atoms with E-state index < -0.39 is 0 Å². The fourth-order valence-corrected chi connectivity index (χ4v) is 2.64. The van der Waals surface area contributed by atoms with E-state index in [1.807, 2.05) is 5.38 Å². The maximum Gasteiger partial charge on any atom is 0.180 e. The summed E-state index contributed by atoms with van der Waals surface area (Å²) in [4.78, 5) is 6.70. The zero-order valence-corrected chi connectivity index (χ0v) is 12.4. The minimum atomic E-state index is 0.646. The fraction of sp³-hybridized carbons (Fsp3) is 0.400. The molecule has 0 spiro atoms. The summed E-state index contributed by atoms with van der Waals surface area (Å²) in [6.45, 7) is 7.61. The third kappa shape index (κ3) is 4.04. The highest BCUT2D eigenvalue weighted by Crippen LogP contribution is 2.16. The number of hydrogen-bond acceptors (Lipinski definition) is 4. The van der Waals surface area contributed by atoms with Gasteiger partial charge < -0.3 is 5.73 Å². The van der Waals surface area contributed by atoms with Crippen LogP contribution in [0.3, 0.4) is 0 Å². The summed E-state index contributed by atoms with van der Waals surface area (Å²) >= 11 is 1.50. The Labute approximate surface area is 119 Å². The van der Waals surface area contributed by atoms with Gasteiger partial charge in [-0.2, -0.15) is 0 Å². The molecular formula is C15H21N3S. The molecular weight excluding hydrogens is 254 g/mol. The van der Waals surface area contributed by atoms with Crippen LogP contribution in [0.1, 0.15) is 30.7 Å². The Balaban J connectivity index is 1.98. The van der Waals surface area contributed by atoms with E-state index in [1.165, 1.54) is 22.5 Å². The Bertz CT molecular complexity index is 500. The van der Waals surface area contributed by atoms with Crippen LogP contribution in [-0.4, -0.2) is 23.0 Å². The summed E-state index contributed by atoms with van der Waals surface area (Å²) in [5.41, 5.74) is 9.35. The van der Waals surface area contributed by atoms with E-state index in [4.69, 9.17) is 5.73 Å². The summed E-state index contributed by atoms with van der Waals surface area (Å²) in [5, 5.41) is 2.67. The molecule has 2 rings (SSSR count). The third-order valence-corrected chi connectivity index (χ3v) is 4.00. The molecule has 2 N–H and O–H groups in total. The van der Waals surface area contributed by atoms with E-state index in [0.29, 0.717) is 5.13 Å². The van der Waals surface area contributed by atoms with Crippen molar-refractivity contribution in [1.82, 2.24) is 9.88 Å². The molecule has 3 nitrogen and oxygen atoms in total. The largest absolute Gasteiger partial charge is 0.375 e. The summed E-state index contributed by atoms with van der Waals surface area (Å²) in [7, 11) is 0. The highest BCUT2D eigenvalue weighted by atomic mass is 32.1. The van der Waals surface area contributed by atoms with Gasteiger partial charge in [-0.25, -0.2) is 4.98 Å². The first-order valence-corrected chi connectivity index (χ1v) is 7.59. The molecule has 0 aliphatic heterocycles. The first-order chi connectivity index (χ1) is 9.21. The smallest absolute Gasteiger partial charge is 0.180 e. The van der Waals surface area contributed by atoms with Gasteiger partial charge in [-0.05, 0) is 24.2 Å². The van der Waals surface area contributed by atoms with Crippen LogP contribution in [0, 0.1) is 0 Å². The number of benzene rings is 1. The summed E-state index contributed by atoms with van der Waals surface area (Å²) in [6.07, 6.45) is 0.860. The molecule has 4 heteroatoms. The maximum atomic E-state index is 5.64. The van der Waals surface area contributed by atoms with Crippen molar-refractivity contribution in [2.24, 2.45) is 0 Å². The van der Waals surface area contributed by atoms with Gasteiger partial charge in [0.1, 0.15) is 0 Å². The predicted octanol–water partition coefficient (Wildman–Crippen LogP) is 3.16. The van der Waals surface area contributed by atoms with Gasteiger partial charge in [-0.1, -0.05) is 38.1 Å². The highest BCUT2D eigenvalue weighted by Gasteiger charge is 2.03. The van der Waals surface area contributed by atoms with Gasteiger partial charge in [-0.15, -0.1) is 11.3 Å². The molecule has 0 bridgehead atoms. The lowest BCUT2D eigenvalue weighted by Crippen LogP contribution is -2.22. The van der Waals surface area contributed by atoms with Crippen LogP contribution in [0.25, 0.3) is 0 Å². The van der Waals surface area contributed by atoms with E-state index in [1.54, 1.807) is 0 Å². The molecule has 1 aromatic carbocycles. The molecule has 19 heavy (non-hydrogen) atoms. The number of nitrogen functional groups attached to an aromatic ring is 1. The first-order valence-electron chi connectivity index (χ1n) is 6.71.